The molecule has 0 saturated carbocycles. The van der Waals surface area contributed by atoms with E-state index >= 15 is 0 Å². The smallest absolute Gasteiger partial charge is 0.164 e. The van der Waals surface area contributed by atoms with Gasteiger partial charge in [0.15, 0.2) is 17.5 Å². The Labute approximate surface area is 291 Å². The molecular weight excluding hydrogens is 609 g/mol. The van der Waals surface area contributed by atoms with E-state index in [1.165, 1.54) is 60.9 Å². The molecule has 4 nitrogen and oxygen atoms in total. The summed E-state index contributed by atoms with van der Waals surface area (Å²) in [4.78, 5) is 14.9. The third-order valence-corrected chi connectivity index (χ3v) is 10.5. The first-order valence-electron chi connectivity index (χ1n) is 17.5. The van der Waals surface area contributed by atoms with Gasteiger partial charge in [0.1, 0.15) is 0 Å². The van der Waals surface area contributed by atoms with Crippen molar-refractivity contribution in [2.24, 2.45) is 0 Å². The van der Waals surface area contributed by atoms with E-state index in [1.807, 2.05) is 36.4 Å². The fourth-order valence-corrected chi connectivity index (χ4v) is 8.02. The number of benzene rings is 6. The molecule has 0 spiro atoms. The highest BCUT2D eigenvalue weighted by Crippen LogP contribution is 2.40. The maximum Gasteiger partial charge on any atom is 0.164 e. The minimum Gasteiger partial charge on any atom is -0.313 e. The van der Waals surface area contributed by atoms with Gasteiger partial charge in [0.25, 0.3) is 0 Å². The quantitative estimate of drug-likeness (QED) is 0.192. The normalized spacial score (nSPS) is 14.8. The van der Waals surface area contributed by atoms with Gasteiger partial charge in [-0.15, -0.1) is 0 Å². The van der Waals surface area contributed by atoms with Gasteiger partial charge in [0.05, 0.1) is 5.52 Å². The first-order valence-corrected chi connectivity index (χ1v) is 17.5. The number of allylic oxidation sites excluding steroid dienone is 1. The maximum atomic E-state index is 4.99. The largest absolute Gasteiger partial charge is 0.313 e. The second-order valence-electron chi connectivity index (χ2n) is 13.7. The van der Waals surface area contributed by atoms with Crippen molar-refractivity contribution >= 4 is 27.8 Å². The van der Waals surface area contributed by atoms with Crippen LogP contribution < -0.4 is 0 Å². The highest BCUT2D eigenvalue weighted by molar-refractivity contribution is 5.95. The minimum absolute atomic E-state index is 0.468. The van der Waals surface area contributed by atoms with Crippen LogP contribution in [0.4, 0.5) is 0 Å². The van der Waals surface area contributed by atoms with Gasteiger partial charge < -0.3 is 4.57 Å². The first-order chi connectivity index (χ1) is 24.7. The van der Waals surface area contributed by atoms with Crippen LogP contribution in [-0.2, 0) is 12.8 Å². The monoisotopic (exact) mass is 642 g/mol. The Hall–Kier alpha value is -6.13. The van der Waals surface area contributed by atoms with Crippen molar-refractivity contribution in [2.75, 3.05) is 0 Å². The van der Waals surface area contributed by atoms with E-state index in [1.54, 1.807) is 0 Å². The lowest BCUT2D eigenvalue weighted by atomic mass is 9.84. The molecule has 0 saturated heterocycles. The molecule has 2 aliphatic carbocycles. The zero-order valence-corrected chi connectivity index (χ0v) is 27.8. The Morgan fingerprint density at radius 1 is 0.540 bits per heavy atom. The summed E-state index contributed by atoms with van der Waals surface area (Å²) in [6.07, 6.45) is 7.51. The van der Waals surface area contributed by atoms with Crippen molar-refractivity contribution in [3.05, 3.63) is 173 Å². The van der Waals surface area contributed by atoms with Crippen molar-refractivity contribution in [3.8, 4) is 39.9 Å². The van der Waals surface area contributed by atoms with Crippen LogP contribution in [0.25, 0.3) is 67.6 Å². The zero-order chi connectivity index (χ0) is 33.2. The Morgan fingerprint density at radius 3 is 1.90 bits per heavy atom. The number of nitrogens with zero attached hydrogens (tertiary/aromatic N) is 4. The van der Waals surface area contributed by atoms with Gasteiger partial charge in [-0.3, -0.25) is 0 Å². The average molecular weight is 643 g/mol. The molecule has 2 aliphatic rings. The topological polar surface area (TPSA) is 43.6 Å². The molecule has 8 aromatic rings. The van der Waals surface area contributed by atoms with Crippen LogP contribution in [0, 0.1) is 0 Å². The zero-order valence-electron chi connectivity index (χ0n) is 27.8. The standard InChI is InChI=1S/C46H34N4/c1-29-11-10-17-41-40-16-8-9-18-42(40)50(43(29)41)39-22-21-33-24-36-26-35-25-34(20-19-32(35)23-37(36)27-38(33)28-39)46-48-44(30-12-4-2-5-13-30)47-45(49-46)31-14-6-3-7-15-31/h2-10,12-22,24-25,27-29H,11,23,26H2,1H3. The molecule has 2 aromatic heterocycles. The van der Waals surface area contributed by atoms with Gasteiger partial charge in [0, 0.05) is 44.9 Å². The summed E-state index contributed by atoms with van der Waals surface area (Å²) in [7, 11) is 0. The third-order valence-electron chi connectivity index (χ3n) is 10.5. The van der Waals surface area contributed by atoms with E-state index in [9.17, 15) is 0 Å². The van der Waals surface area contributed by atoms with Crippen LogP contribution in [0.15, 0.2) is 140 Å². The molecular formula is C46H34N4. The van der Waals surface area contributed by atoms with E-state index in [-0.39, 0.29) is 0 Å². The lowest BCUT2D eigenvalue weighted by Crippen LogP contribution is -2.09. The SMILES string of the molecule is CC1CC=Cc2c1n(-c1ccc3cc4c(cc3c1)Cc1ccc(-c3nc(-c5ccccc5)nc(-c5ccccc5)n3)cc1C4)c1ccccc21. The van der Waals surface area contributed by atoms with E-state index in [0.29, 0.717) is 23.4 Å². The van der Waals surface area contributed by atoms with Gasteiger partial charge in [-0.1, -0.05) is 128 Å². The predicted molar refractivity (Wildman–Crippen MR) is 205 cm³/mol. The van der Waals surface area contributed by atoms with Gasteiger partial charge in [-0.2, -0.15) is 0 Å². The maximum absolute atomic E-state index is 4.99. The molecule has 0 aliphatic heterocycles. The van der Waals surface area contributed by atoms with Crippen molar-refractivity contribution < 1.29 is 0 Å². The number of hydrogen-bond donors (Lipinski definition) is 0. The summed E-state index contributed by atoms with van der Waals surface area (Å²) >= 11 is 0. The molecule has 6 aromatic carbocycles. The molecule has 0 amide bonds. The lowest BCUT2D eigenvalue weighted by Gasteiger charge is -2.22. The molecule has 1 unspecified atom stereocenters. The van der Waals surface area contributed by atoms with Crippen LogP contribution in [0.1, 0.15) is 52.8 Å². The molecule has 0 bridgehead atoms. The molecule has 50 heavy (non-hydrogen) atoms. The molecule has 10 rings (SSSR count). The van der Waals surface area contributed by atoms with Crippen LogP contribution >= 0.6 is 0 Å². The second-order valence-corrected chi connectivity index (χ2v) is 13.7. The van der Waals surface area contributed by atoms with Crippen molar-refractivity contribution in [1.29, 1.82) is 0 Å². The van der Waals surface area contributed by atoms with Gasteiger partial charge in [-0.25, -0.2) is 15.0 Å². The van der Waals surface area contributed by atoms with Crippen LogP contribution in [-0.4, -0.2) is 19.5 Å². The average Bonchev–Trinajstić information content (AvgIpc) is 3.52. The summed E-state index contributed by atoms with van der Waals surface area (Å²) < 4.78 is 2.50. The summed E-state index contributed by atoms with van der Waals surface area (Å²) in [5, 5.41) is 3.90. The third kappa shape index (κ3) is 4.79. The first kappa shape index (κ1) is 28.8. The Balaban J connectivity index is 1.02. The Kier molecular flexibility index (Phi) is 6.63. The molecule has 0 radical (unpaired) electrons. The fraction of sp³-hybridized carbons (Fsp3) is 0.109. The van der Waals surface area contributed by atoms with E-state index in [2.05, 4.69) is 121 Å². The Bertz CT molecular complexity index is 2570. The molecule has 1 atom stereocenters. The molecule has 0 fully saturated rings. The summed E-state index contributed by atoms with van der Waals surface area (Å²) in [5.74, 6) is 2.53. The van der Waals surface area contributed by atoms with E-state index in [4.69, 9.17) is 15.0 Å². The molecule has 238 valence electrons. The number of aromatic nitrogens is 4. The number of fused-ring (bicyclic) bond motifs is 6. The van der Waals surface area contributed by atoms with Gasteiger partial charge >= 0.3 is 0 Å². The van der Waals surface area contributed by atoms with E-state index < -0.39 is 0 Å². The molecule has 4 heteroatoms. The van der Waals surface area contributed by atoms with Crippen molar-refractivity contribution in [3.63, 3.8) is 0 Å². The summed E-state index contributed by atoms with van der Waals surface area (Å²) in [6, 6.07) is 47.7. The number of rotatable bonds is 4. The minimum atomic E-state index is 0.468. The number of hydrogen-bond acceptors (Lipinski definition) is 3. The predicted octanol–water partition coefficient (Wildman–Crippen LogP) is 11.0. The van der Waals surface area contributed by atoms with Crippen LogP contribution in [0.2, 0.25) is 0 Å². The van der Waals surface area contributed by atoms with E-state index in [0.717, 1.165) is 36.0 Å². The Morgan fingerprint density at radius 2 is 1.16 bits per heavy atom. The summed E-state index contributed by atoms with van der Waals surface area (Å²) in [6.45, 7) is 2.35. The second kappa shape index (κ2) is 11.5. The highest BCUT2D eigenvalue weighted by Gasteiger charge is 2.24. The molecule has 2 heterocycles. The van der Waals surface area contributed by atoms with Crippen molar-refractivity contribution in [1.82, 2.24) is 19.5 Å². The number of para-hydroxylation sites is 1. The van der Waals surface area contributed by atoms with Crippen LogP contribution in [0.5, 0.6) is 0 Å². The van der Waals surface area contributed by atoms with Crippen LogP contribution in [0.3, 0.4) is 0 Å². The highest BCUT2D eigenvalue weighted by atomic mass is 15.0. The van der Waals surface area contributed by atoms with Gasteiger partial charge in [0.2, 0.25) is 0 Å². The molecule has 0 N–H and O–H groups in total. The lowest BCUT2D eigenvalue weighted by molar-refractivity contribution is 0.723. The fourth-order valence-electron chi connectivity index (χ4n) is 8.02. The summed E-state index contributed by atoms with van der Waals surface area (Å²) in [5.41, 5.74) is 13.8. The van der Waals surface area contributed by atoms with Crippen molar-refractivity contribution in [2.45, 2.75) is 32.1 Å². The van der Waals surface area contributed by atoms with Gasteiger partial charge in [-0.05, 0) is 76.6 Å².